The van der Waals surface area contributed by atoms with E-state index in [0.29, 0.717) is 29.7 Å². The van der Waals surface area contributed by atoms with Crippen molar-refractivity contribution >= 4 is 23.3 Å². The number of benzene rings is 1. The lowest BCUT2D eigenvalue weighted by molar-refractivity contribution is -0.122. The first-order chi connectivity index (χ1) is 11.2. The number of hydrogen-bond donors (Lipinski definition) is 2. The zero-order valence-corrected chi connectivity index (χ0v) is 14.7. The lowest BCUT2D eigenvalue weighted by Gasteiger charge is -2.37. The summed E-state index contributed by atoms with van der Waals surface area (Å²) in [5.74, 6) is -0.353. The van der Waals surface area contributed by atoms with E-state index < -0.39 is 0 Å². The van der Waals surface area contributed by atoms with Crippen LogP contribution in [0.4, 0.5) is 0 Å². The van der Waals surface area contributed by atoms with Crippen LogP contribution in [0.25, 0.3) is 0 Å². The van der Waals surface area contributed by atoms with Gasteiger partial charge in [-0.15, -0.1) is 0 Å². The summed E-state index contributed by atoms with van der Waals surface area (Å²) in [5.41, 5.74) is 1.89. The minimum absolute atomic E-state index is 0.0504. The van der Waals surface area contributed by atoms with Crippen molar-refractivity contribution < 1.29 is 19.4 Å². The van der Waals surface area contributed by atoms with Crippen molar-refractivity contribution in [2.45, 2.75) is 39.0 Å². The van der Waals surface area contributed by atoms with Crippen molar-refractivity contribution in [3.05, 3.63) is 34.0 Å². The van der Waals surface area contributed by atoms with Crippen LogP contribution in [-0.2, 0) is 9.59 Å². The number of ketones is 1. The minimum Gasteiger partial charge on any atom is -0.503 e. The molecule has 1 aromatic carbocycles. The van der Waals surface area contributed by atoms with E-state index in [9.17, 15) is 14.7 Å². The zero-order valence-electron chi connectivity index (χ0n) is 13.9. The van der Waals surface area contributed by atoms with E-state index in [1.165, 1.54) is 7.11 Å². The third-order valence-electron chi connectivity index (χ3n) is 4.62. The summed E-state index contributed by atoms with van der Waals surface area (Å²) in [6.07, 6.45) is 1.27. The molecule has 0 bridgehead atoms. The lowest BCUT2D eigenvalue weighted by atomic mass is 9.70. The summed E-state index contributed by atoms with van der Waals surface area (Å²) < 4.78 is 5.14. The highest BCUT2D eigenvalue weighted by atomic mass is 35.5. The van der Waals surface area contributed by atoms with Gasteiger partial charge in [0.15, 0.2) is 17.3 Å². The fourth-order valence-electron chi connectivity index (χ4n) is 3.59. The summed E-state index contributed by atoms with van der Waals surface area (Å²) in [6.45, 7) is 4.04. The third-order valence-corrected chi connectivity index (χ3v) is 4.91. The van der Waals surface area contributed by atoms with E-state index in [-0.39, 0.29) is 46.0 Å². The third kappa shape index (κ3) is 2.88. The molecular weight excluding hydrogens is 330 g/mol. The predicted octanol–water partition coefficient (Wildman–Crippen LogP) is 3.30. The number of Topliss-reactive ketones (excluding diaryl/α,β-unsaturated/α-hetero) is 1. The van der Waals surface area contributed by atoms with Gasteiger partial charge in [0.25, 0.3) is 0 Å². The molecular formula is C18H20ClNO4. The number of allylic oxidation sites excluding steroid dienone is 2. The lowest BCUT2D eigenvalue weighted by Crippen LogP contribution is -2.40. The fourth-order valence-corrected chi connectivity index (χ4v) is 3.81. The summed E-state index contributed by atoms with van der Waals surface area (Å²) in [6, 6.07) is 3.24. The molecule has 1 aliphatic carbocycles. The van der Waals surface area contributed by atoms with E-state index in [4.69, 9.17) is 16.3 Å². The summed E-state index contributed by atoms with van der Waals surface area (Å²) in [5, 5.41) is 12.9. The number of carbonyl (C=O) groups excluding carboxylic acids is 2. The number of hydrogen-bond acceptors (Lipinski definition) is 4. The van der Waals surface area contributed by atoms with Gasteiger partial charge in [0, 0.05) is 30.0 Å². The topological polar surface area (TPSA) is 75.6 Å². The molecule has 0 saturated carbocycles. The molecule has 1 aromatic rings. The second-order valence-corrected chi connectivity index (χ2v) is 7.60. The maximum Gasteiger partial charge on any atom is 0.225 e. The first kappa shape index (κ1) is 16.8. The van der Waals surface area contributed by atoms with Crippen LogP contribution in [-0.4, -0.2) is 23.9 Å². The van der Waals surface area contributed by atoms with Gasteiger partial charge in [-0.1, -0.05) is 25.4 Å². The predicted molar refractivity (Wildman–Crippen MR) is 90.2 cm³/mol. The van der Waals surface area contributed by atoms with Gasteiger partial charge in [0.05, 0.1) is 12.1 Å². The van der Waals surface area contributed by atoms with Gasteiger partial charge < -0.3 is 15.2 Å². The monoisotopic (exact) mass is 349 g/mol. The van der Waals surface area contributed by atoms with Crippen LogP contribution in [0.2, 0.25) is 5.02 Å². The molecule has 128 valence electrons. The molecule has 2 N–H and O–H groups in total. The first-order valence-corrected chi connectivity index (χ1v) is 8.22. The Hall–Kier alpha value is -2.01. The number of phenolic OH excluding ortho intramolecular Hbond substituents is 1. The standard InChI is InChI=1S/C18H20ClNO4/c1-18(2)7-12-16(13(21)8-18)10(6-15(22)20-12)9-4-11(19)17(23)14(5-9)24-3/h4-5,10,23H,6-8H2,1-3H3,(H,20,22). The average molecular weight is 350 g/mol. The molecule has 5 nitrogen and oxygen atoms in total. The number of phenols is 1. The number of methoxy groups -OCH3 is 1. The molecule has 1 heterocycles. The molecule has 1 aliphatic heterocycles. The van der Waals surface area contributed by atoms with E-state index >= 15 is 0 Å². The molecule has 0 aromatic heterocycles. The molecule has 0 fully saturated rings. The van der Waals surface area contributed by atoms with Gasteiger partial charge >= 0.3 is 0 Å². The van der Waals surface area contributed by atoms with Gasteiger partial charge in [0.1, 0.15) is 0 Å². The van der Waals surface area contributed by atoms with Gasteiger partial charge in [-0.05, 0) is 29.5 Å². The smallest absolute Gasteiger partial charge is 0.225 e. The van der Waals surface area contributed by atoms with Gasteiger partial charge in [-0.2, -0.15) is 0 Å². The Morgan fingerprint density at radius 1 is 1.29 bits per heavy atom. The molecule has 24 heavy (non-hydrogen) atoms. The molecule has 2 aliphatic rings. The van der Waals surface area contributed by atoms with Crippen molar-refractivity contribution in [1.82, 2.24) is 5.32 Å². The number of aromatic hydroxyl groups is 1. The van der Waals surface area contributed by atoms with Crippen molar-refractivity contribution in [1.29, 1.82) is 0 Å². The maximum atomic E-state index is 12.7. The Labute approximate surface area is 145 Å². The molecule has 0 saturated heterocycles. The van der Waals surface area contributed by atoms with Crippen LogP contribution < -0.4 is 10.1 Å². The highest BCUT2D eigenvalue weighted by molar-refractivity contribution is 6.32. The largest absolute Gasteiger partial charge is 0.503 e. The second kappa shape index (κ2) is 5.81. The number of rotatable bonds is 2. The van der Waals surface area contributed by atoms with Crippen LogP contribution in [0.3, 0.4) is 0 Å². The highest BCUT2D eigenvalue weighted by Gasteiger charge is 2.40. The van der Waals surface area contributed by atoms with Gasteiger partial charge in [0.2, 0.25) is 5.91 Å². The van der Waals surface area contributed by atoms with Gasteiger partial charge in [-0.25, -0.2) is 0 Å². The second-order valence-electron chi connectivity index (χ2n) is 7.19. The Bertz CT molecular complexity index is 767. The maximum absolute atomic E-state index is 12.7. The molecule has 1 amide bonds. The first-order valence-electron chi connectivity index (χ1n) is 7.84. The Kier molecular flexibility index (Phi) is 4.08. The zero-order chi connectivity index (χ0) is 17.6. The number of ether oxygens (including phenoxy) is 1. The van der Waals surface area contributed by atoms with Crippen LogP contribution >= 0.6 is 11.6 Å². The van der Waals surface area contributed by atoms with E-state index in [1.54, 1.807) is 12.1 Å². The van der Waals surface area contributed by atoms with Crippen LogP contribution in [0.5, 0.6) is 11.5 Å². The van der Waals surface area contributed by atoms with E-state index in [2.05, 4.69) is 5.32 Å². The van der Waals surface area contributed by atoms with Crippen molar-refractivity contribution in [3.63, 3.8) is 0 Å². The summed E-state index contributed by atoms with van der Waals surface area (Å²) in [4.78, 5) is 24.9. The van der Waals surface area contributed by atoms with E-state index in [0.717, 1.165) is 0 Å². The van der Waals surface area contributed by atoms with E-state index in [1.807, 2.05) is 13.8 Å². The van der Waals surface area contributed by atoms with Crippen molar-refractivity contribution in [3.8, 4) is 11.5 Å². The van der Waals surface area contributed by atoms with Gasteiger partial charge in [-0.3, -0.25) is 9.59 Å². The Morgan fingerprint density at radius 3 is 2.67 bits per heavy atom. The highest BCUT2D eigenvalue weighted by Crippen LogP contribution is 2.46. The molecule has 3 rings (SSSR count). The van der Waals surface area contributed by atoms with Crippen LogP contribution in [0, 0.1) is 5.41 Å². The van der Waals surface area contributed by atoms with Crippen LogP contribution in [0.1, 0.15) is 44.6 Å². The molecule has 0 spiro atoms. The molecule has 1 atom stereocenters. The summed E-state index contributed by atoms with van der Waals surface area (Å²) in [7, 11) is 1.43. The molecule has 6 heteroatoms. The fraction of sp³-hybridized carbons (Fsp3) is 0.444. The quantitative estimate of drug-likeness (QED) is 0.859. The Morgan fingerprint density at radius 2 is 2.00 bits per heavy atom. The SMILES string of the molecule is COc1cc(C2CC(=O)NC3=C2C(=O)CC(C)(C)C3)cc(Cl)c1O. The van der Waals surface area contributed by atoms with Crippen molar-refractivity contribution in [2.75, 3.05) is 7.11 Å². The van der Waals surface area contributed by atoms with Crippen LogP contribution in [0.15, 0.2) is 23.4 Å². The Balaban J connectivity index is 2.12. The normalized spacial score (nSPS) is 22.9. The number of amides is 1. The number of nitrogens with one attached hydrogen (secondary N) is 1. The summed E-state index contributed by atoms with van der Waals surface area (Å²) >= 11 is 6.08. The number of halogens is 1. The average Bonchev–Trinajstić information content (AvgIpc) is 2.47. The molecule has 0 radical (unpaired) electrons. The van der Waals surface area contributed by atoms with Crippen molar-refractivity contribution in [2.24, 2.45) is 5.41 Å². The number of carbonyl (C=O) groups is 2. The minimum atomic E-state index is -0.371. The molecule has 1 unspecified atom stereocenters.